The highest BCUT2D eigenvalue weighted by atomic mass is 79.9. The first kappa shape index (κ1) is 17.7. The summed E-state index contributed by atoms with van der Waals surface area (Å²) in [5.41, 5.74) is 7.27. The average Bonchev–Trinajstić information content (AvgIpc) is 2.37. The molecule has 114 valence electrons. The molecule has 0 bridgehead atoms. The molecule has 2 N–H and O–H groups in total. The fourth-order valence-electron chi connectivity index (χ4n) is 1.64. The molecule has 1 heterocycles. The minimum Gasteiger partial charge on any atom is -0.406 e. The van der Waals surface area contributed by atoms with Gasteiger partial charge in [0.2, 0.25) is 0 Å². The van der Waals surface area contributed by atoms with Crippen LogP contribution in [0.5, 0.6) is 5.75 Å². The highest BCUT2D eigenvalue weighted by Crippen LogP contribution is 2.25. The van der Waals surface area contributed by atoms with Gasteiger partial charge in [-0.1, -0.05) is 18.2 Å². The number of hydrogen-bond acceptors (Lipinski definition) is 3. The maximum absolute atomic E-state index is 12.0. The van der Waals surface area contributed by atoms with Crippen molar-refractivity contribution >= 4 is 28.3 Å². The fourth-order valence-corrected chi connectivity index (χ4v) is 2.00. The van der Waals surface area contributed by atoms with Crippen molar-refractivity contribution in [2.75, 3.05) is 0 Å². The first-order valence-corrected chi connectivity index (χ1v) is 6.38. The number of halogens is 5. The molecule has 0 aliphatic rings. The molecule has 0 saturated heterocycles. The van der Waals surface area contributed by atoms with E-state index in [4.69, 9.17) is 5.73 Å². The largest absolute Gasteiger partial charge is 0.573 e. The lowest BCUT2D eigenvalue weighted by Gasteiger charge is -2.13. The van der Waals surface area contributed by atoms with Crippen LogP contribution in [0, 0.1) is 0 Å². The molecule has 1 atom stereocenters. The Morgan fingerprint density at radius 1 is 1.10 bits per heavy atom. The number of pyridine rings is 1. The van der Waals surface area contributed by atoms with Gasteiger partial charge in [0.05, 0.1) is 11.7 Å². The van der Waals surface area contributed by atoms with E-state index in [1.165, 1.54) is 24.3 Å². The van der Waals surface area contributed by atoms with Gasteiger partial charge in [0.25, 0.3) is 0 Å². The van der Waals surface area contributed by atoms with E-state index in [0.29, 0.717) is 15.9 Å². The van der Waals surface area contributed by atoms with Crippen molar-refractivity contribution in [1.82, 2.24) is 4.98 Å². The predicted molar refractivity (Wildman–Crippen MR) is 78.3 cm³/mol. The zero-order chi connectivity index (χ0) is 14.8. The van der Waals surface area contributed by atoms with Gasteiger partial charge >= 0.3 is 6.36 Å². The van der Waals surface area contributed by atoms with Crippen molar-refractivity contribution in [3.05, 3.63) is 58.3 Å². The molecule has 1 aromatic carbocycles. The van der Waals surface area contributed by atoms with E-state index in [9.17, 15) is 13.2 Å². The number of ether oxygens (including phenoxy) is 1. The van der Waals surface area contributed by atoms with E-state index in [2.05, 4.69) is 25.7 Å². The molecule has 0 spiro atoms. The van der Waals surface area contributed by atoms with Crippen LogP contribution in [0.15, 0.2) is 47.1 Å². The smallest absolute Gasteiger partial charge is 0.406 e. The highest BCUT2D eigenvalue weighted by Gasteiger charge is 2.31. The molecule has 2 rings (SSSR count). The van der Waals surface area contributed by atoms with Crippen LogP contribution in [0.1, 0.15) is 17.3 Å². The van der Waals surface area contributed by atoms with E-state index in [1.807, 2.05) is 0 Å². The van der Waals surface area contributed by atoms with E-state index in [0.717, 1.165) is 0 Å². The Bertz CT molecular complexity index is 593. The van der Waals surface area contributed by atoms with Gasteiger partial charge in [-0.15, -0.1) is 25.6 Å². The van der Waals surface area contributed by atoms with Crippen LogP contribution in [-0.2, 0) is 0 Å². The monoisotopic (exact) mass is 382 g/mol. The van der Waals surface area contributed by atoms with Crippen LogP contribution in [0.4, 0.5) is 13.2 Å². The minimum absolute atomic E-state index is 0. The summed E-state index contributed by atoms with van der Waals surface area (Å²) < 4.78 is 40.6. The number of nitrogens with two attached hydrogens (primary N) is 1. The predicted octanol–water partition coefficient (Wildman–Crippen LogP) is 4.21. The van der Waals surface area contributed by atoms with Crippen molar-refractivity contribution in [2.24, 2.45) is 5.73 Å². The normalized spacial score (nSPS) is 12.4. The van der Waals surface area contributed by atoms with E-state index in [-0.39, 0.29) is 18.2 Å². The fraction of sp³-hybridized carbons (Fsp3) is 0.154. The molecule has 0 amide bonds. The second-order valence-corrected chi connectivity index (χ2v) is 4.79. The number of nitrogens with zero attached hydrogens (tertiary/aromatic N) is 1. The zero-order valence-electron chi connectivity index (χ0n) is 10.5. The highest BCUT2D eigenvalue weighted by molar-refractivity contribution is 9.10. The molecule has 1 aromatic heterocycles. The molecule has 0 saturated carbocycles. The van der Waals surface area contributed by atoms with Crippen molar-refractivity contribution in [2.45, 2.75) is 12.4 Å². The quantitative estimate of drug-likeness (QED) is 0.808. The van der Waals surface area contributed by atoms with Crippen molar-refractivity contribution in [1.29, 1.82) is 0 Å². The number of alkyl halides is 3. The second kappa shape index (κ2) is 7.11. The Morgan fingerprint density at radius 2 is 1.71 bits per heavy atom. The van der Waals surface area contributed by atoms with Crippen LogP contribution < -0.4 is 10.5 Å². The summed E-state index contributed by atoms with van der Waals surface area (Å²) in [4.78, 5) is 4.21. The van der Waals surface area contributed by atoms with Gasteiger partial charge in [-0.2, -0.15) is 0 Å². The molecular weight excluding hydrogens is 373 g/mol. The first-order valence-electron chi connectivity index (χ1n) is 5.59. The summed E-state index contributed by atoms with van der Waals surface area (Å²) >= 11 is 3.24. The van der Waals surface area contributed by atoms with Gasteiger partial charge in [-0.05, 0) is 45.8 Å². The lowest BCUT2D eigenvalue weighted by Crippen LogP contribution is -2.17. The lowest BCUT2D eigenvalue weighted by atomic mass is 10.0. The summed E-state index contributed by atoms with van der Waals surface area (Å²) in [7, 11) is 0. The Balaban J connectivity index is 0.00000220. The lowest BCUT2D eigenvalue weighted by molar-refractivity contribution is -0.274. The SMILES string of the molecule is Cl.N[C@H](c1ccc(OC(F)(F)F)cc1)c1cccc(Br)n1. The van der Waals surface area contributed by atoms with Crippen LogP contribution in [0.25, 0.3) is 0 Å². The summed E-state index contributed by atoms with van der Waals surface area (Å²) in [5.74, 6) is -0.282. The number of aromatic nitrogens is 1. The van der Waals surface area contributed by atoms with E-state index >= 15 is 0 Å². The minimum atomic E-state index is -4.70. The molecule has 0 aliphatic heterocycles. The van der Waals surface area contributed by atoms with Crippen molar-refractivity contribution in [3.63, 3.8) is 0 Å². The van der Waals surface area contributed by atoms with E-state index in [1.54, 1.807) is 18.2 Å². The van der Waals surface area contributed by atoms with Gasteiger partial charge in [-0.3, -0.25) is 0 Å². The van der Waals surface area contributed by atoms with Gasteiger partial charge in [0.15, 0.2) is 0 Å². The van der Waals surface area contributed by atoms with Gasteiger partial charge in [-0.25, -0.2) is 4.98 Å². The number of rotatable bonds is 3. The number of hydrogen-bond donors (Lipinski definition) is 1. The summed E-state index contributed by atoms with van der Waals surface area (Å²) in [5, 5.41) is 0. The molecule has 8 heteroatoms. The van der Waals surface area contributed by atoms with E-state index < -0.39 is 12.4 Å². The number of benzene rings is 1. The third kappa shape index (κ3) is 5.18. The molecule has 0 radical (unpaired) electrons. The average molecular weight is 384 g/mol. The van der Waals surface area contributed by atoms with Gasteiger partial charge < -0.3 is 10.5 Å². The Morgan fingerprint density at radius 3 is 2.24 bits per heavy atom. The standard InChI is InChI=1S/C13H10BrF3N2O.ClH/c14-11-3-1-2-10(19-11)12(18)8-4-6-9(7-5-8)20-13(15,16)17;/h1-7,12H,18H2;1H/t12-;/m1./s1. The molecule has 0 aliphatic carbocycles. The maximum atomic E-state index is 12.0. The van der Waals surface area contributed by atoms with Crippen molar-refractivity contribution in [3.8, 4) is 5.75 Å². The summed E-state index contributed by atoms with van der Waals surface area (Å²) in [6, 6.07) is 10.2. The Hall–Kier alpha value is -1.31. The topological polar surface area (TPSA) is 48.1 Å². The molecular formula is C13H11BrClF3N2O. The van der Waals surface area contributed by atoms with Crippen LogP contribution in [-0.4, -0.2) is 11.3 Å². The molecule has 0 fully saturated rings. The van der Waals surface area contributed by atoms with Crippen LogP contribution >= 0.6 is 28.3 Å². The van der Waals surface area contributed by atoms with Crippen LogP contribution in [0.3, 0.4) is 0 Å². The zero-order valence-corrected chi connectivity index (χ0v) is 12.9. The Labute approximate surface area is 133 Å². The summed E-state index contributed by atoms with van der Waals surface area (Å²) in [6.45, 7) is 0. The first-order chi connectivity index (χ1) is 9.35. The third-order valence-electron chi connectivity index (χ3n) is 2.53. The van der Waals surface area contributed by atoms with Crippen molar-refractivity contribution < 1.29 is 17.9 Å². The molecule has 2 aromatic rings. The molecule has 3 nitrogen and oxygen atoms in total. The summed E-state index contributed by atoms with van der Waals surface area (Å²) in [6.07, 6.45) is -4.70. The Kier molecular flexibility index (Phi) is 6.00. The van der Waals surface area contributed by atoms with Gasteiger partial charge in [0.1, 0.15) is 10.4 Å². The molecule has 21 heavy (non-hydrogen) atoms. The van der Waals surface area contributed by atoms with Gasteiger partial charge in [0, 0.05) is 0 Å². The molecule has 0 unspecified atom stereocenters. The second-order valence-electron chi connectivity index (χ2n) is 3.98. The van der Waals surface area contributed by atoms with Crippen LogP contribution in [0.2, 0.25) is 0 Å². The maximum Gasteiger partial charge on any atom is 0.573 e. The third-order valence-corrected chi connectivity index (χ3v) is 2.97.